The van der Waals surface area contributed by atoms with E-state index in [-0.39, 0.29) is 40.5 Å². The highest BCUT2D eigenvalue weighted by atomic mass is 16.5. The first-order valence-corrected chi connectivity index (χ1v) is 11.7. The van der Waals surface area contributed by atoms with E-state index in [9.17, 15) is 9.90 Å². The number of hydrogen-bond acceptors (Lipinski definition) is 3. The maximum atomic E-state index is 14.2. The van der Waals surface area contributed by atoms with Gasteiger partial charge in [0.05, 0.1) is 17.8 Å². The Morgan fingerprint density at radius 3 is 2.36 bits per heavy atom. The summed E-state index contributed by atoms with van der Waals surface area (Å²) in [7, 11) is 0. The van der Waals surface area contributed by atoms with Gasteiger partial charge in [0.1, 0.15) is 5.78 Å². The number of ether oxygens (including phenoxy) is 1. The van der Waals surface area contributed by atoms with Crippen molar-refractivity contribution in [1.82, 2.24) is 0 Å². The molecule has 3 heteroatoms. The summed E-state index contributed by atoms with van der Waals surface area (Å²) in [4.78, 5) is 14.2. The molecule has 4 saturated carbocycles. The van der Waals surface area contributed by atoms with E-state index in [0.717, 1.165) is 19.3 Å². The van der Waals surface area contributed by atoms with Gasteiger partial charge in [-0.3, -0.25) is 4.79 Å². The third kappa shape index (κ3) is 2.64. The zero-order valence-corrected chi connectivity index (χ0v) is 19.2. The normalized spacial score (nSPS) is 50.6. The Balaban J connectivity index is 1.85. The van der Waals surface area contributed by atoms with Crippen molar-refractivity contribution in [1.29, 1.82) is 0 Å². The van der Waals surface area contributed by atoms with Crippen LogP contribution in [0.1, 0.15) is 93.4 Å². The highest BCUT2D eigenvalue weighted by Gasteiger charge is 2.71. The first-order valence-electron chi connectivity index (χ1n) is 11.7. The van der Waals surface area contributed by atoms with Crippen molar-refractivity contribution in [3.63, 3.8) is 0 Å². The fraction of sp³-hybridized carbons (Fsp3) is 0.960. The van der Waals surface area contributed by atoms with Crippen molar-refractivity contribution in [3.05, 3.63) is 0 Å². The van der Waals surface area contributed by atoms with Crippen LogP contribution in [0.4, 0.5) is 0 Å². The predicted octanol–water partition coefficient (Wildman–Crippen LogP) is 5.39. The monoisotopic (exact) mass is 390 g/mol. The van der Waals surface area contributed by atoms with Crippen molar-refractivity contribution >= 4 is 5.78 Å². The van der Waals surface area contributed by atoms with E-state index >= 15 is 0 Å². The van der Waals surface area contributed by atoms with Crippen molar-refractivity contribution in [2.75, 3.05) is 0 Å². The van der Waals surface area contributed by atoms with Crippen LogP contribution in [0.3, 0.4) is 0 Å². The van der Waals surface area contributed by atoms with Gasteiger partial charge in [-0.05, 0) is 76.0 Å². The second-order valence-corrected chi connectivity index (χ2v) is 12.5. The van der Waals surface area contributed by atoms with Crippen LogP contribution >= 0.6 is 0 Å². The minimum Gasteiger partial charge on any atom is -0.393 e. The maximum absolute atomic E-state index is 14.2. The molecule has 8 atom stereocenters. The molecule has 4 aliphatic carbocycles. The zero-order valence-electron chi connectivity index (χ0n) is 19.2. The van der Waals surface area contributed by atoms with Gasteiger partial charge in [-0.15, -0.1) is 0 Å². The predicted molar refractivity (Wildman–Crippen MR) is 112 cm³/mol. The number of Topliss-reactive ketones (excluding diaryl/α,β-unsaturated/α-hetero) is 1. The summed E-state index contributed by atoms with van der Waals surface area (Å²) >= 11 is 0. The van der Waals surface area contributed by atoms with Gasteiger partial charge in [0, 0.05) is 16.7 Å². The molecule has 0 heterocycles. The Labute approximate surface area is 172 Å². The van der Waals surface area contributed by atoms with Crippen LogP contribution < -0.4 is 0 Å². The van der Waals surface area contributed by atoms with Gasteiger partial charge in [-0.1, -0.05) is 40.5 Å². The molecule has 0 aliphatic heterocycles. The number of ketones is 1. The lowest BCUT2D eigenvalue weighted by atomic mass is 9.39. The van der Waals surface area contributed by atoms with E-state index in [4.69, 9.17) is 4.74 Å². The van der Waals surface area contributed by atoms with Gasteiger partial charge < -0.3 is 9.84 Å². The minimum absolute atomic E-state index is 0.0808. The van der Waals surface area contributed by atoms with Crippen molar-refractivity contribution in [2.24, 2.45) is 39.9 Å². The Morgan fingerprint density at radius 2 is 1.71 bits per heavy atom. The zero-order chi connectivity index (χ0) is 20.7. The lowest BCUT2D eigenvalue weighted by molar-refractivity contribution is -0.226. The highest BCUT2D eigenvalue weighted by Crippen LogP contribution is 2.70. The lowest BCUT2D eigenvalue weighted by Gasteiger charge is -2.65. The second kappa shape index (κ2) is 6.30. The Hall–Kier alpha value is -0.410. The molecule has 0 aromatic carbocycles. The smallest absolute Gasteiger partial charge is 0.143 e. The quantitative estimate of drug-likeness (QED) is 0.653. The molecule has 0 bridgehead atoms. The van der Waals surface area contributed by atoms with E-state index in [1.807, 2.05) is 0 Å². The van der Waals surface area contributed by atoms with Gasteiger partial charge in [0.2, 0.25) is 0 Å². The van der Waals surface area contributed by atoms with Crippen molar-refractivity contribution < 1.29 is 14.6 Å². The molecular formula is C25H42O3. The van der Waals surface area contributed by atoms with Crippen LogP contribution in [0.5, 0.6) is 0 Å². The molecule has 1 N–H and O–H groups in total. The molecule has 0 saturated heterocycles. The number of aliphatic hydroxyl groups excluding tert-OH is 1. The fourth-order valence-electron chi connectivity index (χ4n) is 8.18. The Kier molecular flexibility index (Phi) is 4.69. The fourth-order valence-corrected chi connectivity index (χ4v) is 8.18. The van der Waals surface area contributed by atoms with Crippen LogP contribution in [0.15, 0.2) is 0 Å². The van der Waals surface area contributed by atoms with E-state index in [1.54, 1.807) is 0 Å². The van der Waals surface area contributed by atoms with Crippen LogP contribution in [-0.4, -0.2) is 28.7 Å². The largest absolute Gasteiger partial charge is 0.393 e. The minimum atomic E-state index is -0.483. The van der Waals surface area contributed by atoms with Gasteiger partial charge in [-0.25, -0.2) is 0 Å². The molecule has 4 fully saturated rings. The molecule has 0 aromatic rings. The average molecular weight is 391 g/mol. The average Bonchev–Trinajstić information content (AvgIpc) is 2.88. The number of carbonyl (C=O) groups is 1. The Morgan fingerprint density at radius 1 is 1.04 bits per heavy atom. The third-order valence-corrected chi connectivity index (χ3v) is 9.92. The standard InChI is InChI=1S/C25H42O3/c1-22(2,3)28-17-14-15-10-8-9-13-24(15,6)20-19(17)16-11-12-18(26)25(16,7)23(4,5)21(20)27/h15-20,26H,8-14H2,1-7H3/t15?,16?,17-,18-,19?,20?,24-,25-/m0/s1. The maximum Gasteiger partial charge on any atom is 0.143 e. The van der Waals surface area contributed by atoms with Gasteiger partial charge in [0.15, 0.2) is 0 Å². The molecule has 4 rings (SSSR count). The number of fused-ring (bicyclic) bond motifs is 5. The molecule has 0 spiro atoms. The van der Waals surface area contributed by atoms with E-state index in [2.05, 4.69) is 48.5 Å². The van der Waals surface area contributed by atoms with Crippen molar-refractivity contribution in [3.8, 4) is 0 Å². The van der Waals surface area contributed by atoms with Crippen LogP contribution in [0, 0.1) is 39.9 Å². The van der Waals surface area contributed by atoms with Gasteiger partial charge in [-0.2, -0.15) is 0 Å². The van der Waals surface area contributed by atoms with Crippen molar-refractivity contribution in [2.45, 2.75) is 111 Å². The lowest BCUT2D eigenvalue weighted by Crippen LogP contribution is -2.68. The second-order valence-electron chi connectivity index (χ2n) is 12.5. The number of aliphatic hydroxyl groups is 1. The van der Waals surface area contributed by atoms with Gasteiger partial charge >= 0.3 is 0 Å². The molecule has 4 aliphatic rings. The molecule has 4 unspecified atom stereocenters. The molecule has 0 aromatic heterocycles. The summed E-state index contributed by atoms with van der Waals surface area (Å²) in [6, 6.07) is 0. The van der Waals surface area contributed by atoms with E-state index in [1.165, 1.54) is 25.7 Å². The SMILES string of the molecule is CC(C)(C)O[C@H]1CC2CCCC[C@]2(C)C2C(=O)C(C)(C)[C@@]3(C)C(CC[C@@H]3O)C21. The first kappa shape index (κ1) is 20.8. The summed E-state index contributed by atoms with van der Waals surface area (Å²) in [6.07, 6.45) is 7.64. The molecule has 0 amide bonds. The molecular weight excluding hydrogens is 348 g/mol. The highest BCUT2D eigenvalue weighted by molar-refractivity contribution is 5.90. The summed E-state index contributed by atoms with van der Waals surface area (Å²) in [6.45, 7) is 15.3. The number of hydrogen-bond donors (Lipinski definition) is 1. The van der Waals surface area contributed by atoms with Crippen LogP contribution in [0.25, 0.3) is 0 Å². The molecule has 160 valence electrons. The van der Waals surface area contributed by atoms with Gasteiger partial charge in [0.25, 0.3) is 0 Å². The number of carbonyl (C=O) groups excluding carboxylic acids is 1. The molecule has 3 nitrogen and oxygen atoms in total. The summed E-state index contributed by atoms with van der Waals surface area (Å²) in [5.74, 6) is 1.70. The van der Waals surface area contributed by atoms with E-state index < -0.39 is 5.41 Å². The topological polar surface area (TPSA) is 46.5 Å². The van der Waals surface area contributed by atoms with Crippen LogP contribution in [-0.2, 0) is 9.53 Å². The molecule has 0 radical (unpaired) electrons. The first-order chi connectivity index (χ1) is 12.8. The Bertz CT molecular complexity index is 647. The third-order valence-electron chi connectivity index (χ3n) is 9.92. The van der Waals surface area contributed by atoms with E-state index in [0.29, 0.717) is 17.6 Å². The number of rotatable bonds is 1. The van der Waals surface area contributed by atoms with Crippen LogP contribution in [0.2, 0.25) is 0 Å². The summed E-state index contributed by atoms with van der Waals surface area (Å²) < 4.78 is 6.71. The summed E-state index contributed by atoms with van der Waals surface area (Å²) in [5.41, 5.74) is -0.933. The molecule has 28 heavy (non-hydrogen) atoms. The summed E-state index contributed by atoms with van der Waals surface area (Å²) in [5, 5.41) is 11.0.